The van der Waals surface area contributed by atoms with Gasteiger partial charge in [-0.1, -0.05) is 80.3 Å². The average molecular weight is 409 g/mol. The highest BCUT2D eigenvalue weighted by Crippen LogP contribution is 2.35. The summed E-state index contributed by atoms with van der Waals surface area (Å²) in [4.78, 5) is 0. The summed E-state index contributed by atoms with van der Waals surface area (Å²) >= 11 is 0. The second-order valence-corrected chi connectivity index (χ2v) is 13.6. The molecule has 0 unspecified atom stereocenters. The SMILES string of the molecule is C[Si](C)(C)C#C[C@@H]1C[C@@H](COCc2ccccc2)[C@@H](OCc2ccccc2)[C@H]1O. The van der Waals surface area contributed by atoms with Crippen LogP contribution in [0, 0.1) is 23.3 Å². The molecule has 1 aliphatic rings. The van der Waals surface area contributed by atoms with Gasteiger partial charge in [-0.3, -0.25) is 0 Å². The second-order valence-electron chi connectivity index (χ2n) is 8.87. The van der Waals surface area contributed by atoms with Crippen molar-refractivity contribution < 1.29 is 14.6 Å². The van der Waals surface area contributed by atoms with Crippen molar-refractivity contribution in [3.05, 3.63) is 71.8 Å². The molecule has 0 heterocycles. The Morgan fingerprint density at radius 3 is 2.10 bits per heavy atom. The van der Waals surface area contributed by atoms with Gasteiger partial charge in [0.05, 0.1) is 32.0 Å². The van der Waals surface area contributed by atoms with Crippen LogP contribution < -0.4 is 0 Å². The van der Waals surface area contributed by atoms with Gasteiger partial charge < -0.3 is 14.6 Å². The third-order valence-corrected chi connectivity index (χ3v) is 6.03. The van der Waals surface area contributed by atoms with Crippen LogP contribution in [0.15, 0.2) is 60.7 Å². The lowest BCUT2D eigenvalue weighted by Crippen LogP contribution is -2.33. The Hall–Kier alpha value is -1.90. The van der Waals surface area contributed by atoms with E-state index in [-0.39, 0.29) is 17.9 Å². The molecule has 1 N–H and O–H groups in total. The Bertz CT molecular complexity index is 805. The van der Waals surface area contributed by atoms with E-state index >= 15 is 0 Å². The molecule has 0 aliphatic heterocycles. The van der Waals surface area contributed by atoms with Gasteiger partial charge in [-0.2, -0.15) is 0 Å². The molecule has 2 aromatic carbocycles. The lowest BCUT2D eigenvalue weighted by atomic mass is 10.1. The van der Waals surface area contributed by atoms with Crippen LogP contribution in [0.3, 0.4) is 0 Å². The molecule has 1 saturated carbocycles. The quantitative estimate of drug-likeness (QED) is 0.535. The van der Waals surface area contributed by atoms with E-state index in [1.54, 1.807) is 0 Å². The summed E-state index contributed by atoms with van der Waals surface area (Å²) in [6, 6.07) is 20.3. The van der Waals surface area contributed by atoms with Crippen molar-refractivity contribution in [3.63, 3.8) is 0 Å². The molecule has 3 rings (SSSR count). The van der Waals surface area contributed by atoms with Crippen LogP contribution in [-0.4, -0.2) is 32.0 Å². The fraction of sp³-hybridized carbons (Fsp3) is 0.440. The van der Waals surface area contributed by atoms with Gasteiger partial charge in [-0.05, 0) is 17.5 Å². The van der Waals surface area contributed by atoms with E-state index in [0.29, 0.717) is 19.8 Å². The molecule has 0 saturated heterocycles. The summed E-state index contributed by atoms with van der Waals surface area (Å²) in [7, 11) is -1.48. The molecule has 154 valence electrons. The number of aliphatic hydroxyl groups excluding tert-OH is 1. The highest BCUT2D eigenvalue weighted by Gasteiger charge is 2.42. The summed E-state index contributed by atoms with van der Waals surface area (Å²) in [6.45, 7) is 8.31. The first kappa shape index (κ1) is 21.8. The number of rotatable bonds is 7. The van der Waals surface area contributed by atoms with Crippen LogP contribution in [-0.2, 0) is 22.7 Å². The summed E-state index contributed by atoms with van der Waals surface area (Å²) in [5, 5.41) is 10.9. The van der Waals surface area contributed by atoms with Crippen molar-refractivity contribution in [1.29, 1.82) is 0 Å². The minimum atomic E-state index is -1.48. The Balaban J connectivity index is 1.64. The van der Waals surface area contributed by atoms with Gasteiger partial charge >= 0.3 is 0 Å². The van der Waals surface area contributed by atoms with Crippen molar-refractivity contribution in [3.8, 4) is 11.5 Å². The molecule has 0 spiro atoms. The Morgan fingerprint density at radius 2 is 1.52 bits per heavy atom. The monoisotopic (exact) mass is 408 g/mol. The van der Waals surface area contributed by atoms with Crippen LogP contribution >= 0.6 is 0 Å². The molecule has 0 aromatic heterocycles. The van der Waals surface area contributed by atoms with E-state index in [0.717, 1.165) is 17.5 Å². The minimum absolute atomic E-state index is 0.0483. The highest BCUT2D eigenvalue weighted by atomic mass is 28.3. The van der Waals surface area contributed by atoms with E-state index in [4.69, 9.17) is 9.47 Å². The Labute approximate surface area is 176 Å². The van der Waals surface area contributed by atoms with Crippen LogP contribution in [0.25, 0.3) is 0 Å². The van der Waals surface area contributed by atoms with Gasteiger partial charge in [0.25, 0.3) is 0 Å². The summed E-state index contributed by atoms with van der Waals surface area (Å²) < 4.78 is 12.2. The number of hydrogen-bond acceptors (Lipinski definition) is 3. The van der Waals surface area contributed by atoms with Crippen molar-refractivity contribution in [2.24, 2.45) is 11.8 Å². The summed E-state index contributed by atoms with van der Waals surface area (Å²) in [5.41, 5.74) is 5.69. The Morgan fingerprint density at radius 1 is 0.931 bits per heavy atom. The maximum absolute atomic E-state index is 10.9. The molecule has 0 radical (unpaired) electrons. The van der Waals surface area contributed by atoms with Crippen molar-refractivity contribution in [2.75, 3.05) is 6.61 Å². The lowest BCUT2D eigenvalue weighted by Gasteiger charge is -2.23. The summed E-state index contributed by atoms with van der Waals surface area (Å²) in [5.74, 6) is 3.45. The topological polar surface area (TPSA) is 38.7 Å². The first-order chi connectivity index (χ1) is 13.9. The van der Waals surface area contributed by atoms with E-state index in [1.165, 1.54) is 0 Å². The summed E-state index contributed by atoms with van der Waals surface area (Å²) in [6.07, 6.45) is -0.0211. The maximum atomic E-state index is 10.9. The zero-order valence-corrected chi connectivity index (χ0v) is 18.7. The first-order valence-corrected chi connectivity index (χ1v) is 13.9. The fourth-order valence-electron chi connectivity index (χ4n) is 3.63. The van der Waals surface area contributed by atoms with Crippen molar-refractivity contribution in [2.45, 2.75) is 51.5 Å². The maximum Gasteiger partial charge on any atom is 0.129 e. The van der Waals surface area contributed by atoms with Crippen LogP contribution in [0.5, 0.6) is 0 Å². The van der Waals surface area contributed by atoms with E-state index in [2.05, 4.69) is 43.2 Å². The largest absolute Gasteiger partial charge is 0.389 e. The van der Waals surface area contributed by atoms with Gasteiger partial charge in [0, 0.05) is 11.8 Å². The van der Waals surface area contributed by atoms with Gasteiger partial charge in [0.2, 0.25) is 0 Å². The van der Waals surface area contributed by atoms with Crippen LogP contribution in [0.2, 0.25) is 19.6 Å². The number of aliphatic hydroxyl groups is 1. The Kier molecular flexibility index (Phi) is 7.68. The molecule has 1 aliphatic carbocycles. The molecule has 0 amide bonds. The fourth-order valence-corrected chi connectivity index (χ4v) is 4.25. The van der Waals surface area contributed by atoms with Crippen LogP contribution in [0.4, 0.5) is 0 Å². The number of benzene rings is 2. The van der Waals surface area contributed by atoms with Gasteiger partial charge in [-0.25, -0.2) is 0 Å². The van der Waals surface area contributed by atoms with E-state index in [9.17, 15) is 5.11 Å². The van der Waals surface area contributed by atoms with Gasteiger partial charge in [0.1, 0.15) is 8.07 Å². The van der Waals surface area contributed by atoms with Crippen molar-refractivity contribution >= 4 is 8.07 Å². The predicted molar refractivity (Wildman–Crippen MR) is 120 cm³/mol. The molecule has 2 aromatic rings. The highest BCUT2D eigenvalue weighted by molar-refractivity contribution is 6.83. The van der Waals surface area contributed by atoms with E-state index < -0.39 is 14.2 Å². The second kappa shape index (κ2) is 10.2. The third-order valence-electron chi connectivity index (χ3n) is 5.13. The number of hydrogen-bond donors (Lipinski definition) is 1. The standard InChI is InChI=1S/C25H32O3Si/c1-29(2,3)15-14-22-16-23(19-27-17-20-10-6-4-7-11-20)25(24(22)26)28-18-21-12-8-5-9-13-21/h4-13,22-26H,16-19H2,1-3H3/t22-,23+,24+,25-/m1/s1. The first-order valence-electron chi connectivity index (χ1n) is 10.4. The van der Waals surface area contributed by atoms with E-state index in [1.807, 2.05) is 48.5 Å². The molecule has 0 bridgehead atoms. The smallest absolute Gasteiger partial charge is 0.129 e. The van der Waals surface area contributed by atoms with Crippen LogP contribution in [0.1, 0.15) is 17.5 Å². The minimum Gasteiger partial charge on any atom is -0.389 e. The lowest BCUT2D eigenvalue weighted by molar-refractivity contribution is -0.0696. The third kappa shape index (κ3) is 6.83. The van der Waals surface area contributed by atoms with Gasteiger partial charge in [-0.15, -0.1) is 11.5 Å². The molecular formula is C25H32O3Si. The predicted octanol–water partition coefficient (Wildman–Crippen LogP) is 4.67. The molecule has 4 heteroatoms. The molecule has 1 fully saturated rings. The molecule has 3 nitrogen and oxygen atoms in total. The average Bonchev–Trinajstić information content (AvgIpc) is 3.01. The molecule has 29 heavy (non-hydrogen) atoms. The zero-order chi connectivity index (χ0) is 20.7. The van der Waals surface area contributed by atoms with Gasteiger partial charge in [0.15, 0.2) is 0 Å². The number of ether oxygens (including phenoxy) is 2. The van der Waals surface area contributed by atoms with Crippen molar-refractivity contribution in [1.82, 2.24) is 0 Å². The normalized spacial score (nSPS) is 24.1. The zero-order valence-electron chi connectivity index (χ0n) is 17.7. The molecule has 4 atom stereocenters. The molecular weight excluding hydrogens is 376 g/mol.